The van der Waals surface area contributed by atoms with E-state index in [1.807, 2.05) is 0 Å². The second-order valence-corrected chi connectivity index (χ2v) is 4.47. The zero-order chi connectivity index (χ0) is 14.8. The molecule has 0 saturated heterocycles. The van der Waals surface area contributed by atoms with Gasteiger partial charge in [-0.1, -0.05) is 38.0 Å². The van der Waals surface area contributed by atoms with E-state index in [1.165, 1.54) is 12.1 Å². The normalized spacial score (nSPS) is 9.75. The molecular formula is C16H20FNO2. The number of aliphatic hydroxyl groups excluding tert-OH is 1. The summed E-state index contributed by atoms with van der Waals surface area (Å²) < 4.78 is 13.8. The first-order chi connectivity index (χ1) is 9.69. The van der Waals surface area contributed by atoms with E-state index in [-0.39, 0.29) is 12.2 Å². The fourth-order valence-electron chi connectivity index (χ4n) is 1.77. The first-order valence-electron chi connectivity index (χ1n) is 6.86. The molecule has 0 heterocycles. The number of hydrogen-bond acceptors (Lipinski definition) is 2. The molecule has 2 N–H and O–H groups in total. The average Bonchev–Trinajstić information content (AvgIpc) is 2.44. The van der Waals surface area contributed by atoms with Gasteiger partial charge in [-0.05, 0) is 24.6 Å². The zero-order valence-corrected chi connectivity index (χ0v) is 11.7. The maximum absolute atomic E-state index is 13.8. The molecule has 20 heavy (non-hydrogen) atoms. The van der Waals surface area contributed by atoms with Crippen LogP contribution in [0.15, 0.2) is 18.2 Å². The Morgan fingerprint density at radius 1 is 1.35 bits per heavy atom. The van der Waals surface area contributed by atoms with Gasteiger partial charge in [-0.15, -0.1) is 0 Å². The van der Waals surface area contributed by atoms with Gasteiger partial charge in [0, 0.05) is 12.1 Å². The monoisotopic (exact) mass is 277 g/mol. The van der Waals surface area contributed by atoms with Gasteiger partial charge in [0.25, 0.3) is 5.91 Å². The van der Waals surface area contributed by atoms with Crippen molar-refractivity contribution >= 4 is 5.91 Å². The third-order valence-corrected chi connectivity index (χ3v) is 2.84. The van der Waals surface area contributed by atoms with Crippen LogP contribution in [0.1, 0.15) is 48.5 Å². The van der Waals surface area contributed by atoms with Crippen molar-refractivity contribution in [2.24, 2.45) is 0 Å². The Hall–Kier alpha value is -1.86. The van der Waals surface area contributed by atoms with Crippen molar-refractivity contribution in [3.63, 3.8) is 0 Å². The summed E-state index contributed by atoms with van der Waals surface area (Å²) in [5, 5.41) is 11.3. The second kappa shape index (κ2) is 9.11. The van der Waals surface area contributed by atoms with Crippen LogP contribution in [0.25, 0.3) is 0 Å². The third-order valence-electron chi connectivity index (χ3n) is 2.84. The van der Waals surface area contributed by atoms with Gasteiger partial charge in [0.2, 0.25) is 0 Å². The minimum atomic E-state index is -0.596. The smallest absolute Gasteiger partial charge is 0.254 e. The molecule has 0 fully saturated rings. The van der Waals surface area contributed by atoms with Crippen molar-refractivity contribution in [3.05, 3.63) is 35.1 Å². The van der Waals surface area contributed by atoms with Gasteiger partial charge < -0.3 is 10.4 Å². The molecule has 4 heteroatoms. The number of carbonyl (C=O) groups is 1. The second-order valence-electron chi connectivity index (χ2n) is 4.47. The number of carbonyl (C=O) groups excluding carboxylic acids is 1. The van der Waals surface area contributed by atoms with Crippen molar-refractivity contribution in [1.29, 1.82) is 0 Å². The highest BCUT2D eigenvalue weighted by molar-refractivity contribution is 5.94. The molecule has 0 bridgehead atoms. The number of aliphatic hydroxyl groups is 1. The highest BCUT2D eigenvalue weighted by Crippen LogP contribution is 2.10. The zero-order valence-electron chi connectivity index (χ0n) is 11.7. The van der Waals surface area contributed by atoms with Crippen LogP contribution < -0.4 is 5.32 Å². The van der Waals surface area contributed by atoms with E-state index in [9.17, 15) is 9.18 Å². The van der Waals surface area contributed by atoms with Gasteiger partial charge in [0.15, 0.2) is 0 Å². The number of hydrogen-bond donors (Lipinski definition) is 2. The Morgan fingerprint density at radius 3 is 2.80 bits per heavy atom. The number of benzene rings is 1. The average molecular weight is 277 g/mol. The quantitative estimate of drug-likeness (QED) is 0.620. The van der Waals surface area contributed by atoms with Crippen LogP contribution in [0.3, 0.4) is 0 Å². The molecule has 0 aliphatic rings. The molecule has 0 radical (unpaired) electrons. The first kappa shape index (κ1) is 16.2. The maximum atomic E-state index is 13.8. The predicted octanol–water partition coefficient (Wildman–Crippen LogP) is 2.48. The molecule has 0 unspecified atom stereocenters. The van der Waals surface area contributed by atoms with E-state index >= 15 is 0 Å². The summed E-state index contributed by atoms with van der Waals surface area (Å²) in [5.41, 5.74) is 0.464. The highest BCUT2D eigenvalue weighted by atomic mass is 19.1. The Morgan fingerprint density at radius 2 is 2.15 bits per heavy atom. The minimum absolute atomic E-state index is 0.0232. The Labute approximate surface area is 119 Å². The molecule has 0 spiro atoms. The van der Waals surface area contributed by atoms with E-state index in [0.29, 0.717) is 12.1 Å². The lowest BCUT2D eigenvalue weighted by Gasteiger charge is -2.06. The van der Waals surface area contributed by atoms with E-state index < -0.39 is 11.7 Å². The van der Waals surface area contributed by atoms with Crippen molar-refractivity contribution in [1.82, 2.24) is 5.32 Å². The van der Waals surface area contributed by atoms with Crippen LogP contribution in [0.2, 0.25) is 0 Å². The first-order valence-corrected chi connectivity index (χ1v) is 6.86. The molecule has 1 rings (SSSR count). The van der Waals surface area contributed by atoms with Gasteiger partial charge in [0.05, 0.1) is 5.56 Å². The molecular weight excluding hydrogens is 257 g/mol. The molecule has 3 nitrogen and oxygen atoms in total. The molecule has 108 valence electrons. The fraction of sp³-hybridized carbons (Fsp3) is 0.438. The summed E-state index contributed by atoms with van der Waals surface area (Å²) in [6.07, 6.45) is 4.25. The summed E-state index contributed by atoms with van der Waals surface area (Å²) in [6.45, 7) is 2.40. The number of halogens is 1. The molecule has 0 atom stereocenters. The lowest BCUT2D eigenvalue weighted by Crippen LogP contribution is -2.25. The molecule has 1 amide bonds. The van der Waals surface area contributed by atoms with E-state index in [4.69, 9.17) is 5.11 Å². The number of amides is 1. The van der Waals surface area contributed by atoms with Crippen LogP contribution in [-0.2, 0) is 0 Å². The summed E-state index contributed by atoms with van der Waals surface area (Å²) in [6, 6.07) is 4.19. The topological polar surface area (TPSA) is 49.3 Å². The SMILES string of the molecule is CCCCCCNC(=O)c1ccc(C#CCO)cc1F. The van der Waals surface area contributed by atoms with Gasteiger partial charge in [-0.2, -0.15) is 0 Å². The molecule has 0 aromatic heterocycles. The molecule has 0 saturated carbocycles. The van der Waals surface area contributed by atoms with Crippen molar-refractivity contribution in [2.75, 3.05) is 13.2 Å². The molecule has 1 aromatic rings. The van der Waals surface area contributed by atoms with Crippen LogP contribution in [0.5, 0.6) is 0 Å². The summed E-state index contributed by atoms with van der Waals surface area (Å²) >= 11 is 0. The van der Waals surface area contributed by atoms with E-state index in [2.05, 4.69) is 24.1 Å². The number of rotatable bonds is 6. The summed E-state index contributed by atoms with van der Waals surface area (Å²) in [7, 11) is 0. The number of nitrogens with one attached hydrogen (secondary N) is 1. The van der Waals surface area contributed by atoms with Crippen molar-refractivity contribution in [2.45, 2.75) is 32.6 Å². The standard InChI is InChI=1S/C16H20FNO2/c1-2-3-4-5-10-18-16(20)14-9-8-13(7-6-11-19)12-15(14)17/h8-9,12,19H,2-5,10-11H2,1H3,(H,18,20). The minimum Gasteiger partial charge on any atom is -0.384 e. The lowest BCUT2D eigenvalue weighted by atomic mass is 10.1. The fourth-order valence-corrected chi connectivity index (χ4v) is 1.77. The van der Waals surface area contributed by atoms with Gasteiger partial charge >= 0.3 is 0 Å². The largest absolute Gasteiger partial charge is 0.384 e. The third kappa shape index (κ3) is 5.41. The van der Waals surface area contributed by atoms with Crippen molar-refractivity contribution in [3.8, 4) is 11.8 Å². The van der Waals surface area contributed by atoms with Crippen LogP contribution >= 0.6 is 0 Å². The Kier molecular flexibility index (Phi) is 7.38. The molecule has 1 aromatic carbocycles. The lowest BCUT2D eigenvalue weighted by molar-refractivity contribution is 0.0949. The summed E-state index contributed by atoms with van der Waals surface area (Å²) in [5.74, 6) is 4.03. The Balaban J connectivity index is 2.56. The predicted molar refractivity (Wildman–Crippen MR) is 76.8 cm³/mol. The summed E-state index contributed by atoms with van der Waals surface area (Å²) in [4.78, 5) is 11.8. The molecule has 0 aliphatic carbocycles. The molecule has 0 aliphatic heterocycles. The van der Waals surface area contributed by atoms with Crippen LogP contribution in [-0.4, -0.2) is 24.2 Å². The van der Waals surface area contributed by atoms with Gasteiger partial charge in [-0.25, -0.2) is 4.39 Å². The Bertz CT molecular complexity index is 503. The van der Waals surface area contributed by atoms with Gasteiger partial charge in [-0.3, -0.25) is 4.79 Å². The van der Waals surface area contributed by atoms with Gasteiger partial charge in [0.1, 0.15) is 12.4 Å². The van der Waals surface area contributed by atoms with Crippen LogP contribution in [0, 0.1) is 17.7 Å². The van der Waals surface area contributed by atoms with Crippen molar-refractivity contribution < 1.29 is 14.3 Å². The van der Waals surface area contributed by atoms with Crippen LogP contribution in [0.4, 0.5) is 4.39 Å². The van der Waals surface area contributed by atoms with E-state index in [0.717, 1.165) is 25.7 Å². The number of unbranched alkanes of at least 4 members (excludes halogenated alkanes) is 3. The highest BCUT2D eigenvalue weighted by Gasteiger charge is 2.11. The van der Waals surface area contributed by atoms with E-state index in [1.54, 1.807) is 6.07 Å². The maximum Gasteiger partial charge on any atom is 0.254 e.